The molecule has 4 heteroatoms. The minimum Gasteiger partial charge on any atom is -0.342 e. The van der Waals surface area contributed by atoms with Crippen molar-refractivity contribution in [3.05, 3.63) is 35.9 Å². The van der Waals surface area contributed by atoms with Crippen LogP contribution in [-0.4, -0.2) is 54.5 Å². The van der Waals surface area contributed by atoms with Crippen molar-refractivity contribution in [2.45, 2.75) is 57.7 Å². The van der Waals surface area contributed by atoms with Gasteiger partial charge in [-0.15, -0.1) is 0 Å². The zero-order valence-electron chi connectivity index (χ0n) is 16.3. The molecule has 26 heavy (non-hydrogen) atoms. The fraction of sp³-hybridized carbons (Fsp3) is 0.682. The van der Waals surface area contributed by atoms with Gasteiger partial charge >= 0.3 is 0 Å². The molecule has 0 bridgehead atoms. The van der Waals surface area contributed by atoms with Crippen molar-refractivity contribution in [3.8, 4) is 0 Å². The van der Waals surface area contributed by atoms with Gasteiger partial charge in [0.2, 0.25) is 5.91 Å². The molecule has 3 aliphatic rings. The fourth-order valence-electron chi connectivity index (χ4n) is 5.20. The van der Waals surface area contributed by atoms with Gasteiger partial charge in [0.05, 0.1) is 0 Å². The molecule has 1 aromatic carbocycles. The summed E-state index contributed by atoms with van der Waals surface area (Å²) in [6, 6.07) is 11.7. The first-order chi connectivity index (χ1) is 12.6. The molecule has 1 aliphatic carbocycles. The number of likely N-dealkylation sites (tertiary alicyclic amines) is 1. The van der Waals surface area contributed by atoms with E-state index in [2.05, 4.69) is 59.4 Å². The Balaban J connectivity index is 1.31. The highest BCUT2D eigenvalue weighted by Crippen LogP contribution is 2.59. The van der Waals surface area contributed by atoms with Gasteiger partial charge in [-0.3, -0.25) is 9.69 Å². The van der Waals surface area contributed by atoms with E-state index in [9.17, 15) is 4.79 Å². The summed E-state index contributed by atoms with van der Waals surface area (Å²) in [4.78, 5) is 17.7. The van der Waals surface area contributed by atoms with Crippen molar-refractivity contribution in [1.29, 1.82) is 0 Å². The predicted octanol–water partition coefficient (Wildman–Crippen LogP) is 2.89. The summed E-state index contributed by atoms with van der Waals surface area (Å²) < 4.78 is 0. The van der Waals surface area contributed by atoms with Gasteiger partial charge in [0.25, 0.3) is 0 Å². The number of carbonyl (C=O) groups excluding carboxylic acids is 1. The van der Waals surface area contributed by atoms with Gasteiger partial charge in [-0.05, 0) is 63.1 Å². The summed E-state index contributed by atoms with van der Waals surface area (Å²) >= 11 is 0. The molecule has 1 aromatic rings. The second-order valence-electron chi connectivity index (χ2n) is 8.80. The summed E-state index contributed by atoms with van der Waals surface area (Å²) in [5, 5.41) is 3.43. The SMILES string of the molecule is CC1CC(N(C)C(=O)C2CC23CCNCC3)CCN1Cc1ccccc1. The van der Waals surface area contributed by atoms with Crippen LogP contribution in [0.2, 0.25) is 0 Å². The summed E-state index contributed by atoms with van der Waals surface area (Å²) in [6.45, 7) is 6.59. The topological polar surface area (TPSA) is 35.6 Å². The van der Waals surface area contributed by atoms with Gasteiger partial charge in [-0.25, -0.2) is 0 Å². The van der Waals surface area contributed by atoms with E-state index in [1.165, 1.54) is 18.4 Å². The van der Waals surface area contributed by atoms with Crippen LogP contribution in [-0.2, 0) is 11.3 Å². The Bertz CT molecular complexity index is 626. The molecule has 1 amide bonds. The minimum atomic E-state index is 0.298. The summed E-state index contributed by atoms with van der Waals surface area (Å²) in [5.41, 5.74) is 1.73. The van der Waals surface area contributed by atoms with Crippen LogP contribution in [0.4, 0.5) is 0 Å². The molecule has 2 saturated heterocycles. The summed E-state index contributed by atoms with van der Waals surface area (Å²) in [5.74, 6) is 0.716. The molecule has 1 saturated carbocycles. The van der Waals surface area contributed by atoms with Gasteiger partial charge in [-0.2, -0.15) is 0 Å². The molecular formula is C22H33N3O. The molecule has 142 valence electrons. The Morgan fingerprint density at radius 1 is 1.27 bits per heavy atom. The van der Waals surface area contributed by atoms with E-state index in [0.29, 0.717) is 29.3 Å². The monoisotopic (exact) mass is 355 g/mol. The van der Waals surface area contributed by atoms with Gasteiger partial charge in [0.15, 0.2) is 0 Å². The van der Waals surface area contributed by atoms with Crippen LogP contribution in [0.5, 0.6) is 0 Å². The van der Waals surface area contributed by atoms with Crippen molar-refractivity contribution < 1.29 is 4.79 Å². The Hall–Kier alpha value is -1.39. The minimum absolute atomic E-state index is 0.298. The van der Waals surface area contributed by atoms with Gasteiger partial charge < -0.3 is 10.2 Å². The highest BCUT2D eigenvalue weighted by atomic mass is 16.2. The number of amides is 1. The first-order valence-electron chi connectivity index (χ1n) is 10.3. The van der Waals surface area contributed by atoms with Crippen molar-refractivity contribution in [3.63, 3.8) is 0 Å². The number of nitrogens with one attached hydrogen (secondary N) is 1. The quantitative estimate of drug-likeness (QED) is 0.902. The molecule has 4 rings (SSSR count). The average Bonchev–Trinajstić information content (AvgIpc) is 3.36. The van der Waals surface area contributed by atoms with E-state index in [0.717, 1.165) is 45.4 Å². The van der Waals surface area contributed by atoms with E-state index < -0.39 is 0 Å². The molecular weight excluding hydrogens is 322 g/mol. The number of piperidine rings is 2. The number of rotatable bonds is 4. The molecule has 3 atom stereocenters. The highest BCUT2D eigenvalue weighted by Gasteiger charge is 2.58. The lowest BCUT2D eigenvalue weighted by molar-refractivity contribution is -0.135. The second kappa shape index (κ2) is 7.32. The maximum Gasteiger partial charge on any atom is 0.226 e. The Kier molecular flexibility index (Phi) is 5.07. The standard InChI is InChI=1S/C22H33N3O/c1-17-14-19(8-13-25(17)16-18-6-4-3-5-7-18)24(2)21(26)20-15-22(20)9-11-23-12-10-22/h3-7,17,19-20,23H,8-16H2,1-2H3. The maximum atomic E-state index is 13.0. The van der Waals surface area contributed by atoms with E-state index in [1.54, 1.807) is 0 Å². The first kappa shape index (κ1) is 18.0. The Labute approximate surface area is 157 Å². The number of nitrogens with zero attached hydrogens (tertiary/aromatic N) is 2. The van der Waals surface area contributed by atoms with Gasteiger partial charge in [0.1, 0.15) is 0 Å². The van der Waals surface area contributed by atoms with E-state index >= 15 is 0 Å². The normalized spacial score (nSPS) is 30.9. The maximum absolute atomic E-state index is 13.0. The molecule has 1 N–H and O–H groups in total. The first-order valence-corrected chi connectivity index (χ1v) is 10.3. The lowest BCUT2D eigenvalue weighted by Gasteiger charge is -2.41. The van der Waals surface area contributed by atoms with Crippen LogP contribution in [0, 0.1) is 11.3 Å². The van der Waals surface area contributed by atoms with Crippen LogP contribution in [0.15, 0.2) is 30.3 Å². The molecule has 0 radical (unpaired) electrons. The lowest BCUT2D eigenvalue weighted by atomic mass is 9.91. The molecule has 0 aromatic heterocycles. The summed E-state index contributed by atoms with van der Waals surface area (Å²) in [7, 11) is 2.06. The van der Waals surface area contributed by atoms with Crippen molar-refractivity contribution in [2.75, 3.05) is 26.7 Å². The molecule has 3 fully saturated rings. The van der Waals surface area contributed by atoms with E-state index in [1.807, 2.05) is 0 Å². The number of hydrogen-bond donors (Lipinski definition) is 1. The molecule has 3 unspecified atom stereocenters. The Morgan fingerprint density at radius 3 is 2.69 bits per heavy atom. The number of benzene rings is 1. The molecule has 1 spiro atoms. The van der Waals surface area contributed by atoms with E-state index in [4.69, 9.17) is 0 Å². The Morgan fingerprint density at radius 2 is 2.00 bits per heavy atom. The van der Waals surface area contributed by atoms with Crippen molar-refractivity contribution in [1.82, 2.24) is 15.1 Å². The predicted molar refractivity (Wildman–Crippen MR) is 105 cm³/mol. The molecule has 4 nitrogen and oxygen atoms in total. The summed E-state index contributed by atoms with van der Waals surface area (Å²) in [6.07, 6.45) is 5.68. The zero-order valence-corrected chi connectivity index (χ0v) is 16.3. The third kappa shape index (κ3) is 3.54. The van der Waals surface area contributed by atoms with Crippen molar-refractivity contribution >= 4 is 5.91 Å². The largest absolute Gasteiger partial charge is 0.342 e. The molecule has 2 aliphatic heterocycles. The van der Waals surface area contributed by atoms with E-state index in [-0.39, 0.29) is 0 Å². The smallest absolute Gasteiger partial charge is 0.226 e. The van der Waals surface area contributed by atoms with Crippen LogP contribution >= 0.6 is 0 Å². The highest BCUT2D eigenvalue weighted by molar-refractivity contribution is 5.82. The number of carbonyl (C=O) groups is 1. The number of hydrogen-bond acceptors (Lipinski definition) is 3. The average molecular weight is 356 g/mol. The van der Waals surface area contributed by atoms with Gasteiger partial charge in [-0.1, -0.05) is 30.3 Å². The van der Waals surface area contributed by atoms with Crippen LogP contribution in [0.1, 0.15) is 44.6 Å². The second-order valence-corrected chi connectivity index (χ2v) is 8.80. The van der Waals surface area contributed by atoms with Crippen molar-refractivity contribution in [2.24, 2.45) is 11.3 Å². The fourth-order valence-corrected chi connectivity index (χ4v) is 5.20. The van der Waals surface area contributed by atoms with Crippen LogP contribution in [0.3, 0.4) is 0 Å². The third-order valence-corrected chi connectivity index (χ3v) is 7.20. The lowest BCUT2D eigenvalue weighted by Crippen LogP contribution is -2.49. The third-order valence-electron chi connectivity index (χ3n) is 7.20. The van der Waals surface area contributed by atoms with Gasteiger partial charge in [0, 0.05) is 38.1 Å². The van der Waals surface area contributed by atoms with Crippen LogP contribution < -0.4 is 5.32 Å². The molecule has 2 heterocycles. The zero-order chi connectivity index (χ0) is 18.1. The van der Waals surface area contributed by atoms with Crippen LogP contribution in [0.25, 0.3) is 0 Å².